The Hall–Kier alpha value is -2.37. The summed E-state index contributed by atoms with van der Waals surface area (Å²) in [5, 5.41) is 7.36. The van der Waals surface area contributed by atoms with Crippen LogP contribution in [0.25, 0.3) is 0 Å². The van der Waals surface area contributed by atoms with Gasteiger partial charge in [-0.25, -0.2) is 4.79 Å². The molecule has 0 aromatic heterocycles. The summed E-state index contributed by atoms with van der Waals surface area (Å²) in [4.78, 5) is 21.2. The van der Waals surface area contributed by atoms with E-state index in [9.17, 15) is 4.79 Å². The van der Waals surface area contributed by atoms with E-state index in [1.54, 1.807) is 6.92 Å². The van der Waals surface area contributed by atoms with Crippen molar-refractivity contribution in [3.05, 3.63) is 35.9 Å². The van der Waals surface area contributed by atoms with Crippen molar-refractivity contribution in [3.63, 3.8) is 0 Å². The molecule has 0 atom stereocenters. The van der Waals surface area contributed by atoms with E-state index in [4.69, 9.17) is 4.84 Å². The molecule has 0 aliphatic heterocycles. The number of nitrogens with zero attached hydrogens (tertiary/aromatic N) is 2. The van der Waals surface area contributed by atoms with Gasteiger partial charge in [0.2, 0.25) is 5.71 Å². The fourth-order valence-electron chi connectivity index (χ4n) is 1.27. The molecule has 1 rings (SSSR count). The first-order valence-electron chi connectivity index (χ1n) is 5.59. The van der Waals surface area contributed by atoms with E-state index in [1.807, 2.05) is 30.3 Å². The molecule has 0 aliphatic rings. The first-order valence-corrected chi connectivity index (χ1v) is 5.59. The SMILES string of the molecule is CO/N=C(C)/C(=N/OCc1ccccc1)C(=O)OC. The van der Waals surface area contributed by atoms with Crippen molar-refractivity contribution in [2.24, 2.45) is 10.3 Å². The maximum Gasteiger partial charge on any atom is 0.362 e. The van der Waals surface area contributed by atoms with Crippen molar-refractivity contribution < 1.29 is 19.2 Å². The Morgan fingerprint density at radius 1 is 1.16 bits per heavy atom. The number of methoxy groups -OCH3 is 1. The number of carbonyl (C=O) groups excluding carboxylic acids is 1. The number of esters is 1. The van der Waals surface area contributed by atoms with Crippen LogP contribution in [-0.4, -0.2) is 31.6 Å². The molecule has 102 valence electrons. The Morgan fingerprint density at radius 2 is 1.84 bits per heavy atom. The van der Waals surface area contributed by atoms with Gasteiger partial charge in [-0.05, 0) is 12.5 Å². The second-order valence-electron chi connectivity index (χ2n) is 3.55. The predicted molar refractivity (Wildman–Crippen MR) is 70.8 cm³/mol. The quantitative estimate of drug-likeness (QED) is 0.446. The van der Waals surface area contributed by atoms with Crippen LogP contribution in [-0.2, 0) is 25.8 Å². The summed E-state index contributed by atoms with van der Waals surface area (Å²) < 4.78 is 4.60. The Kier molecular flexibility index (Phi) is 6.08. The topological polar surface area (TPSA) is 69.5 Å². The third-order valence-corrected chi connectivity index (χ3v) is 2.18. The average molecular weight is 264 g/mol. The predicted octanol–water partition coefficient (Wildman–Crippen LogP) is 1.75. The molecular formula is C13H16N2O4. The van der Waals surface area contributed by atoms with Gasteiger partial charge in [0.25, 0.3) is 0 Å². The Morgan fingerprint density at radius 3 is 2.42 bits per heavy atom. The molecule has 0 bridgehead atoms. The van der Waals surface area contributed by atoms with Crippen LogP contribution in [0.5, 0.6) is 0 Å². The number of hydrogen-bond acceptors (Lipinski definition) is 6. The van der Waals surface area contributed by atoms with Gasteiger partial charge in [-0.3, -0.25) is 0 Å². The second-order valence-corrected chi connectivity index (χ2v) is 3.55. The fourth-order valence-corrected chi connectivity index (χ4v) is 1.27. The lowest BCUT2D eigenvalue weighted by molar-refractivity contribution is -0.132. The van der Waals surface area contributed by atoms with E-state index >= 15 is 0 Å². The maximum atomic E-state index is 11.5. The van der Waals surface area contributed by atoms with Crippen LogP contribution in [0.4, 0.5) is 0 Å². The third kappa shape index (κ3) is 4.79. The maximum absolute atomic E-state index is 11.5. The summed E-state index contributed by atoms with van der Waals surface area (Å²) in [5.74, 6) is -0.633. The summed E-state index contributed by atoms with van der Waals surface area (Å²) in [6, 6.07) is 9.47. The van der Waals surface area contributed by atoms with E-state index in [-0.39, 0.29) is 18.0 Å². The van der Waals surface area contributed by atoms with Crippen molar-refractivity contribution >= 4 is 17.4 Å². The molecule has 0 heterocycles. The molecule has 0 saturated heterocycles. The number of rotatable bonds is 6. The Bertz CT molecular complexity index is 469. The first kappa shape index (κ1) is 14.7. The average Bonchev–Trinajstić information content (AvgIpc) is 2.44. The van der Waals surface area contributed by atoms with Crippen molar-refractivity contribution in [2.75, 3.05) is 14.2 Å². The Labute approximate surface area is 111 Å². The minimum absolute atomic E-state index is 0.0275. The van der Waals surface area contributed by atoms with E-state index in [0.717, 1.165) is 5.56 Å². The molecule has 6 nitrogen and oxygen atoms in total. The van der Waals surface area contributed by atoms with Crippen LogP contribution in [0.2, 0.25) is 0 Å². The molecular weight excluding hydrogens is 248 g/mol. The monoisotopic (exact) mass is 264 g/mol. The molecule has 19 heavy (non-hydrogen) atoms. The van der Waals surface area contributed by atoms with Gasteiger partial charge in [0.1, 0.15) is 19.4 Å². The summed E-state index contributed by atoms with van der Waals surface area (Å²) in [5.41, 5.74) is 1.19. The minimum Gasteiger partial charge on any atom is -0.464 e. The van der Waals surface area contributed by atoms with Gasteiger partial charge in [0.15, 0.2) is 0 Å². The van der Waals surface area contributed by atoms with E-state index in [0.29, 0.717) is 0 Å². The molecule has 0 fully saturated rings. The van der Waals surface area contributed by atoms with Crippen molar-refractivity contribution in [3.8, 4) is 0 Å². The minimum atomic E-state index is -0.633. The zero-order valence-electron chi connectivity index (χ0n) is 11.1. The van der Waals surface area contributed by atoms with Crippen molar-refractivity contribution in [1.82, 2.24) is 0 Å². The van der Waals surface area contributed by atoms with Gasteiger partial charge in [-0.15, -0.1) is 0 Å². The van der Waals surface area contributed by atoms with Gasteiger partial charge < -0.3 is 14.4 Å². The summed E-state index contributed by atoms with van der Waals surface area (Å²) in [6.45, 7) is 1.83. The highest BCUT2D eigenvalue weighted by atomic mass is 16.6. The number of hydrogen-bond donors (Lipinski definition) is 0. The van der Waals surface area contributed by atoms with Gasteiger partial charge in [0, 0.05) is 0 Å². The van der Waals surface area contributed by atoms with Crippen LogP contribution < -0.4 is 0 Å². The molecule has 0 saturated carbocycles. The Balaban J connectivity index is 2.73. The molecule has 1 aromatic rings. The van der Waals surface area contributed by atoms with E-state index in [2.05, 4.69) is 19.9 Å². The first-order chi connectivity index (χ1) is 9.19. The highest BCUT2D eigenvalue weighted by Gasteiger charge is 2.17. The second kappa shape index (κ2) is 7.86. The number of ether oxygens (including phenoxy) is 1. The third-order valence-electron chi connectivity index (χ3n) is 2.18. The molecule has 0 unspecified atom stereocenters. The van der Waals surface area contributed by atoms with Gasteiger partial charge in [0.05, 0.1) is 7.11 Å². The van der Waals surface area contributed by atoms with Crippen LogP contribution >= 0.6 is 0 Å². The van der Waals surface area contributed by atoms with Crippen LogP contribution in [0, 0.1) is 0 Å². The highest BCUT2D eigenvalue weighted by Crippen LogP contribution is 2.01. The molecule has 6 heteroatoms. The fraction of sp³-hybridized carbons (Fsp3) is 0.308. The number of oxime groups is 2. The van der Waals surface area contributed by atoms with E-state index < -0.39 is 5.97 Å². The van der Waals surface area contributed by atoms with Gasteiger partial charge in [-0.2, -0.15) is 0 Å². The largest absolute Gasteiger partial charge is 0.464 e. The number of carbonyl (C=O) groups is 1. The zero-order chi connectivity index (χ0) is 14.1. The molecule has 0 radical (unpaired) electrons. The summed E-state index contributed by atoms with van der Waals surface area (Å²) in [6.07, 6.45) is 0. The standard InChI is InChI=1S/C13H16N2O4/c1-10(14-18-3)12(13(16)17-2)15-19-9-11-7-5-4-6-8-11/h4-8H,9H2,1-3H3/b14-10+,15-12-. The lowest BCUT2D eigenvalue weighted by Crippen LogP contribution is -2.24. The lowest BCUT2D eigenvalue weighted by atomic mass is 10.2. The lowest BCUT2D eigenvalue weighted by Gasteiger charge is -2.04. The molecule has 1 aromatic carbocycles. The van der Waals surface area contributed by atoms with Gasteiger partial charge in [-0.1, -0.05) is 40.6 Å². The smallest absolute Gasteiger partial charge is 0.362 e. The summed E-state index contributed by atoms with van der Waals surface area (Å²) >= 11 is 0. The molecule has 0 N–H and O–H groups in total. The van der Waals surface area contributed by atoms with Crippen LogP contribution in [0.3, 0.4) is 0 Å². The highest BCUT2D eigenvalue weighted by molar-refractivity contribution is 6.65. The van der Waals surface area contributed by atoms with Crippen molar-refractivity contribution in [2.45, 2.75) is 13.5 Å². The normalized spacial score (nSPS) is 11.9. The zero-order valence-corrected chi connectivity index (χ0v) is 11.1. The van der Waals surface area contributed by atoms with Crippen molar-refractivity contribution in [1.29, 1.82) is 0 Å². The molecule has 0 amide bonds. The van der Waals surface area contributed by atoms with Crippen LogP contribution in [0.1, 0.15) is 12.5 Å². The van der Waals surface area contributed by atoms with Gasteiger partial charge >= 0.3 is 5.97 Å². The summed E-state index contributed by atoms with van der Waals surface area (Å²) in [7, 11) is 2.64. The van der Waals surface area contributed by atoms with Crippen LogP contribution in [0.15, 0.2) is 40.6 Å². The number of benzene rings is 1. The molecule has 0 aliphatic carbocycles. The molecule has 0 spiro atoms. The van der Waals surface area contributed by atoms with E-state index in [1.165, 1.54) is 14.2 Å².